The van der Waals surface area contributed by atoms with Gasteiger partial charge < -0.3 is 0 Å². The molecule has 2 rings (SSSR count). The first kappa shape index (κ1) is 21.6. The van der Waals surface area contributed by atoms with Gasteiger partial charge in [-0.2, -0.15) is 0 Å². The Kier molecular flexibility index (Phi) is 9.84. The van der Waals surface area contributed by atoms with Gasteiger partial charge in [0.15, 0.2) is 0 Å². The van der Waals surface area contributed by atoms with Crippen LogP contribution in [0.15, 0.2) is 33.5 Å². The molecule has 0 aromatic carbocycles. The van der Waals surface area contributed by atoms with Crippen LogP contribution in [-0.2, 0) is 12.8 Å². The summed E-state index contributed by atoms with van der Waals surface area (Å²) in [6.07, 6.45) is 14.2. The Morgan fingerprint density at radius 1 is 0.808 bits per heavy atom. The highest BCUT2D eigenvalue weighted by molar-refractivity contribution is 9.13. The molecular weight excluding hydrogens is 452 g/mol. The Morgan fingerprint density at radius 2 is 1.46 bits per heavy atom. The van der Waals surface area contributed by atoms with Crippen molar-refractivity contribution in [3.05, 3.63) is 44.6 Å². The quantitative estimate of drug-likeness (QED) is 0.240. The summed E-state index contributed by atoms with van der Waals surface area (Å²) in [5, 5.41) is 0. The summed E-state index contributed by atoms with van der Waals surface area (Å²) in [5.41, 5.74) is 4.81. The third-order valence-electron chi connectivity index (χ3n) is 4.77. The monoisotopic (exact) mass is 480 g/mol. The standard InChI is InChI=1S/C22H30Br2N2/c1-3-5-7-9-13-17-18(14-10-8-6-4-2)21(26-22(24)20(17)23)19-15-11-12-16-25-19/h11-12,15-16H,3-10,13-14H2,1-2H3. The van der Waals surface area contributed by atoms with Crippen molar-refractivity contribution in [2.45, 2.75) is 78.1 Å². The topological polar surface area (TPSA) is 25.8 Å². The summed E-state index contributed by atoms with van der Waals surface area (Å²) in [6.45, 7) is 4.52. The molecule has 0 radical (unpaired) electrons. The van der Waals surface area contributed by atoms with E-state index in [9.17, 15) is 0 Å². The summed E-state index contributed by atoms with van der Waals surface area (Å²) in [6, 6.07) is 6.07. The van der Waals surface area contributed by atoms with Gasteiger partial charge in [0.05, 0.1) is 15.9 Å². The molecule has 2 aromatic heterocycles. The highest BCUT2D eigenvalue weighted by Crippen LogP contribution is 2.35. The second-order valence-electron chi connectivity index (χ2n) is 6.86. The molecule has 0 unspecified atom stereocenters. The minimum Gasteiger partial charge on any atom is -0.255 e. The van der Waals surface area contributed by atoms with Crippen molar-refractivity contribution in [3.8, 4) is 11.4 Å². The van der Waals surface area contributed by atoms with Crippen LogP contribution in [0.5, 0.6) is 0 Å². The molecule has 0 saturated heterocycles. The van der Waals surface area contributed by atoms with Gasteiger partial charge in [-0.25, -0.2) is 4.98 Å². The fourth-order valence-electron chi connectivity index (χ4n) is 3.32. The van der Waals surface area contributed by atoms with Crippen molar-refractivity contribution >= 4 is 31.9 Å². The largest absolute Gasteiger partial charge is 0.255 e. The van der Waals surface area contributed by atoms with Crippen LogP contribution < -0.4 is 0 Å². The van der Waals surface area contributed by atoms with E-state index in [0.29, 0.717) is 0 Å². The van der Waals surface area contributed by atoms with E-state index in [1.807, 2.05) is 18.3 Å². The minimum absolute atomic E-state index is 0.890. The Hall–Kier alpha value is -0.740. The molecule has 4 heteroatoms. The van der Waals surface area contributed by atoms with Crippen LogP contribution in [-0.4, -0.2) is 9.97 Å². The third-order valence-corrected chi connectivity index (χ3v) is 6.73. The van der Waals surface area contributed by atoms with Gasteiger partial charge in [0, 0.05) is 6.20 Å². The maximum absolute atomic E-state index is 4.85. The molecule has 0 fully saturated rings. The third kappa shape index (κ3) is 6.16. The van der Waals surface area contributed by atoms with Crippen molar-refractivity contribution in [2.24, 2.45) is 0 Å². The van der Waals surface area contributed by atoms with E-state index in [1.165, 1.54) is 62.5 Å². The van der Waals surface area contributed by atoms with E-state index in [4.69, 9.17) is 4.98 Å². The molecule has 2 aromatic rings. The molecule has 2 heterocycles. The highest BCUT2D eigenvalue weighted by Gasteiger charge is 2.18. The van der Waals surface area contributed by atoms with Crippen LogP contribution in [0.25, 0.3) is 11.4 Å². The van der Waals surface area contributed by atoms with E-state index in [-0.39, 0.29) is 0 Å². The summed E-state index contributed by atoms with van der Waals surface area (Å²) in [5.74, 6) is 0. The predicted molar refractivity (Wildman–Crippen MR) is 119 cm³/mol. The lowest BCUT2D eigenvalue weighted by atomic mass is 9.94. The maximum atomic E-state index is 4.85. The number of halogens is 2. The molecule has 0 spiro atoms. The van der Waals surface area contributed by atoms with Gasteiger partial charge >= 0.3 is 0 Å². The zero-order chi connectivity index (χ0) is 18.8. The van der Waals surface area contributed by atoms with Crippen molar-refractivity contribution in [2.75, 3.05) is 0 Å². The van der Waals surface area contributed by atoms with E-state index < -0.39 is 0 Å². The molecule has 0 amide bonds. The fraction of sp³-hybridized carbons (Fsp3) is 0.545. The van der Waals surface area contributed by atoms with Crippen LogP contribution in [0.2, 0.25) is 0 Å². The average Bonchev–Trinajstić information content (AvgIpc) is 2.67. The van der Waals surface area contributed by atoms with Gasteiger partial charge in [-0.05, 0) is 80.8 Å². The lowest BCUT2D eigenvalue weighted by molar-refractivity contribution is 0.648. The van der Waals surface area contributed by atoms with E-state index in [0.717, 1.165) is 33.3 Å². The summed E-state index contributed by atoms with van der Waals surface area (Å²) in [7, 11) is 0. The van der Waals surface area contributed by atoms with Gasteiger partial charge in [0.2, 0.25) is 0 Å². The lowest BCUT2D eigenvalue weighted by Crippen LogP contribution is -2.04. The van der Waals surface area contributed by atoms with E-state index >= 15 is 0 Å². The molecular formula is C22H30Br2N2. The maximum Gasteiger partial charge on any atom is 0.121 e. The summed E-state index contributed by atoms with van der Waals surface area (Å²) < 4.78 is 2.01. The van der Waals surface area contributed by atoms with Gasteiger partial charge in [0.25, 0.3) is 0 Å². The number of hydrogen-bond acceptors (Lipinski definition) is 2. The average molecular weight is 482 g/mol. The molecule has 0 N–H and O–H groups in total. The summed E-state index contributed by atoms with van der Waals surface area (Å²) in [4.78, 5) is 9.43. The Balaban J connectivity index is 2.36. The van der Waals surface area contributed by atoms with Crippen molar-refractivity contribution in [3.63, 3.8) is 0 Å². The van der Waals surface area contributed by atoms with E-state index in [1.54, 1.807) is 0 Å². The minimum atomic E-state index is 0.890. The molecule has 0 bridgehead atoms. The number of aromatic nitrogens is 2. The van der Waals surface area contributed by atoms with Crippen molar-refractivity contribution in [1.82, 2.24) is 9.97 Å². The van der Waals surface area contributed by atoms with Gasteiger partial charge in [-0.1, -0.05) is 58.4 Å². The molecule has 2 nitrogen and oxygen atoms in total. The number of rotatable bonds is 11. The normalized spacial score (nSPS) is 11.1. The van der Waals surface area contributed by atoms with Crippen molar-refractivity contribution < 1.29 is 0 Å². The Labute approximate surface area is 175 Å². The molecule has 0 aliphatic rings. The zero-order valence-corrected chi connectivity index (χ0v) is 19.2. The number of hydrogen-bond donors (Lipinski definition) is 0. The SMILES string of the molecule is CCCCCCc1c(-c2ccccn2)nc(Br)c(Br)c1CCCCCC. The summed E-state index contributed by atoms with van der Waals surface area (Å²) >= 11 is 7.46. The van der Waals surface area contributed by atoms with Crippen molar-refractivity contribution in [1.29, 1.82) is 0 Å². The van der Waals surface area contributed by atoms with Gasteiger partial charge in [0.1, 0.15) is 4.60 Å². The number of pyridine rings is 2. The molecule has 0 atom stereocenters. The Morgan fingerprint density at radius 3 is 2.04 bits per heavy atom. The predicted octanol–water partition coefficient (Wildman–Crippen LogP) is 7.91. The first-order chi connectivity index (χ1) is 12.7. The molecule has 26 heavy (non-hydrogen) atoms. The van der Waals surface area contributed by atoms with Crippen LogP contribution >= 0.6 is 31.9 Å². The molecule has 0 aliphatic heterocycles. The second kappa shape index (κ2) is 11.9. The Bertz CT molecular complexity index is 672. The van der Waals surface area contributed by atoms with Crippen LogP contribution in [0, 0.1) is 0 Å². The van der Waals surface area contributed by atoms with Crippen LogP contribution in [0.1, 0.15) is 76.3 Å². The highest BCUT2D eigenvalue weighted by atomic mass is 79.9. The molecule has 0 saturated carbocycles. The number of unbranched alkanes of at least 4 members (excludes halogenated alkanes) is 6. The second-order valence-corrected chi connectivity index (χ2v) is 8.40. The lowest BCUT2D eigenvalue weighted by Gasteiger charge is -2.17. The fourth-order valence-corrected chi connectivity index (χ4v) is 4.26. The first-order valence-corrected chi connectivity index (χ1v) is 11.6. The van der Waals surface area contributed by atoms with Crippen LogP contribution in [0.4, 0.5) is 0 Å². The molecule has 0 aliphatic carbocycles. The van der Waals surface area contributed by atoms with Gasteiger partial charge in [-0.15, -0.1) is 0 Å². The molecule has 142 valence electrons. The van der Waals surface area contributed by atoms with E-state index in [2.05, 4.69) is 56.8 Å². The smallest absolute Gasteiger partial charge is 0.121 e. The van der Waals surface area contributed by atoms with Gasteiger partial charge in [-0.3, -0.25) is 4.98 Å². The van der Waals surface area contributed by atoms with Crippen LogP contribution in [0.3, 0.4) is 0 Å². The number of nitrogens with zero attached hydrogens (tertiary/aromatic N) is 2. The zero-order valence-electron chi connectivity index (χ0n) is 16.0. The first-order valence-electron chi connectivity index (χ1n) is 9.97.